The molecule has 4 nitrogen and oxygen atoms in total. The molecule has 3 aliphatic rings. The number of aliphatic hydroxyl groups is 1. The fraction of sp³-hybridized carbons (Fsp3) is 0.700. The van der Waals surface area contributed by atoms with Crippen LogP contribution in [0.1, 0.15) is 26.3 Å². The number of anilines is 1. The van der Waals surface area contributed by atoms with Gasteiger partial charge in [0.2, 0.25) is 0 Å². The molecule has 24 heavy (non-hydrogen) atoms. The molecule has 2 heterocycles. The zero-order valence-corrected chi connectivity index (χ0v) is 14.1. The van der Waals surface area contributed by atoms with Crippen molar-refractivity contribution in [2.75, 3.05) is 57.4 Å². The number of likely N-dealkylation sites (N-methyl/N-ethyl adjacent to an activating group) is 1. The summed E-state index contributed by atoms with van der Waals surface area (Å²) in [5, 5.41) is 9.40. The molecule has 4 rings (SSSR count). The highest BCUT2D eigenvalue weighted by atomic mass is 16.5. The van der Waals surface area contributed by atoms with Crippen molar-refractivity contribution in [3.63, 3.8) is 0 Å². The van der Waals surface area contributed by atoms with Gasteiger partial charge in [-0.2, -0.15) is 0 Å². The van der Waals surface area contributed by atoms with Crippen molar-refractivity contribution in [3.8, 4) is 0 Å². The smallest absolute Gasteiger partial charge is 0.0642 e. The van der Waals surface area contributed by atoms with Gasteiger partial charge in [0.1, 0.15) is 0 Å². The Balaban J connectivity index is 0.00000169. The number of hydrogen-bond donors (Lipinski definition) is 1. The number of morpholine rings is 1. The van der Waals surface area contributed by atoms with Crippen LogP contribution in [0.2, 0.25) is 0 Å². The van der Waals surface area contributed by atoms with Gasteiger partial charge in [-0.05, 0) is 42.5 Å². The minimum Gasteiger partial charge on any atom is -0.396 e. The summed E-state index contributed by atoms with van der Waals surface area (Å²) in [5.41, 5.74) is 3.10. The highest BCUT2D eigenvalue weighted by Gasteiger charge is 2.68. The Bertz CT molecular complexity index is 541. The van der Waals surface area contributed by atoms with Gasteiger partial charge in [-0.1, -0.05) is 26.5 Å². The molecule has 3 unspecified atom stereocenters. The third-order valence-corrected chi connectivity index (χ3v) is 6.31. The third kappa shape index (κ3) is 2.75. The van der Waals surface area contributed by atoms with Crippen molar-refractivity contribution in [2.24, 2.45) is 11.8 Å². The molecule has 0 radical (unpaired) electrons. The van der Waals surface area contributed by atoms with Crippen LogP contribution in [-0.4, -0.2) is 62.6 Å². The molecule has 3 fully saturated rings. The van der Waals surface area contributed by atoms with Gasteiger partial charge >= 0.3 is 0 Å². The summed E-state index contributed by atoms with van der Waals surface area (Å²) in [6.45, 7) is 9.71. The highest BCUT2D eigenvalue weighted by Crippen LogP contribution is 2.65. The van der Waals surface area contributed by atoms with Crippen LogP contribution < -0.4 is 4.90 Å². The van der Waals surface area contributed by atoms with E-state index in [1.807, 2.05) is 0 Å². The number of rotatable bonds is 5. The number of fused-ring (bicyclic) bond motifs is 1. The molecule has 0 amide bonds. The number of benzene rings is 1. The zero-order chi connectivity index (χ0) is 15.9. The molecule has 3 atom stereocenters. The Hall–Kier alpha value is -1.10. The molecule has 134 valence electrons. The first kappa shape index (κ1) is 17.7. The molecule has 4 heteroatoms. The van der Waals surface area contributed by atoms with Crippen LogP contribution in [0.4, 0.5) is 5.69 Å². The van der Waals surface area contributed by atoms with Crippen LogP contribution in [0, 0.1) is 11.8 Å². The summed E-state index contributed by atoms with van der Waals surface area (Å²) in [6.07, 6.45) is 0.952. The van der Waals surface area contributed by atoms with E-state index in [1.165, 1.54) is 17.8 Å². The minimum absolute atomic E-state index is 0. The maximum Gasteiger partial charge on any atom is 0.0642 e. The van der Waals surface area contributed by atoms with E-state index in [1.54, 1.807) is 0 Å². The predicted octanol–water partition coefficient (Wildman–Crippen LogP) is 2.36. The van der Waals surface area contributed by atoms with Crippen LogP contribution in [-0.2, 0) is 10.2 Å². The number of aliphatic hydroxyl groups excluding tert-OH is 1. The van der Waals surface area contributed by atoms with Gasteiger partial charge in [0.25, 0.3) is 0 Å². The van der Waals surface area contributed by atoms with Crippen molar-refractivity contribution in [3.05, 3.63) is 29.8 Å². The molecular formula is C20H32N2O2. The normalized spacial score (nSPS) is 32.3. The summed E-state index contributed by atoms with van der Waals surface area (Å²) in [6, 6.07) is 9.26. The second-order valence-corrected chi connectivity index (χ2v) is 7.24. The summed E-state index contributed by atoms with van der Waals surface area (Å²) in [4.78, 5) is 4.97. The summed E-state index contributed by atoms with van der Waals surface area (Å²) in [5.74, 6) is 1.41. The van der Waals surface area contributed by atoms with E-state index in [4.69, 9.17) is 4.74 Å². The molecular weight excluding hydrogens is 300 g/mol. The summed E-state index contributed by atoms with van der Waals surface area (Å²) >= 11 is 0. The summed E-state index contributed by atoms with van der Waals surface area (Å²) in [7, 11) is 0. The molecule has 1 aliphatic carbocycles. The average Bonchev–Trinajstić information content (AvgIpc) is 3.03. The molecule has 0 spiro atoms. The Morgan fingerprint density at radius 1 is 1.21 bits per heavy atom. The lowest BCUT2D eigenvalue weighted by Crippen LogP contribution is -2.36. The molecule has 1 saturated carbocycles. The number of likely N-dealkylation sites (tertiary alicyclic amines) is 1. The lowest BCUT2D eigenvalue weighted by atomic mass is 9.91. The van der Waals surface area contributed by atoms with Gasteiger partial charge in [0.05, 0.1) is 13.2 Å². The maximum absolute atomic E-state index is 9.40. The summed E-state index contributed by atoms with van der Waals surface area (Å²) < 4.78 is 5.44. The van der Waals surface area contributed by atoms with Crippen molar-refractivity contribution >= 4 is 5.69 Å². The molecule has 1 aromatic rings. The molecule has 1 N–H and O–H groups in total. The lowest BCUT2D eigenvalue weighted by molar-refractivity contribution is 0.122. The van der Waals surface area contributed by atoms with Crippen LogP contribution >= 0.6 is 0 Å². The van der Waals surface area contributed by atoms with E-state index in [0.29, 0.717) is 17.9 Å². The molecule has 1 aromatic carbocycles. The maximum atomic E-state index is 9.40. The van der Waals surface area contributed by atoms with Crippen molar-refractivity contribution in [1.82, 2.24) is 4.90 Å². The van der Waals surface area contributed by atoms with Gasteiger partial charge in [0.15, 0.2) is 0 Å². The first-order valence-corrected chi connectivity index (χ1v) is 9.06. The lowest BCUT2D eigenvalue weighted by Gasteiger charge is -2.29. The van der Waals surface area contributed by atoms with Gasteiger partial charge in [-0.25, -0.2) is 0 Å². The van der Waals surface area contributed by atoms with Crippen molar-refractivity contribution < 1.29 is 9.84 Å². The minimum atomic E-state index is 0. The Labute approximate surface area is 146 Å². The van der Waals surface area contributed by atoms with Crippen LogP contribution in [0.3, 0.4) is 0 Å². The van der Waals surface area contributed by atoms with Crippen LogP contribution in [0.5, 0.6) is 0 Å². The fourth-order valence-electron chi connectivity index (χ4n) is 5.00. The number of nitrogens with zero attached hydrogens (tertiary/aromatic N) is 2. The number of hydrogen-bond acceptors (Lipinski definition) is 4. The van der Waals surface area contributed by atoms with E-state index >= 15 is 0 Å². The van der Waals surface area contributed by atoms with Crippen LogP contribution in [0.25, 0.3) is 0 Å². The van der Waals surface area contributed by atoms with Gasteiger partial charge in [0, 0.05) is 43.9 Å². The van der Waals surface area contributed by atoms with E-state index < -0.39 is 0 Å². The quantitative estimate of drug-likeness (QED) is 0.898. The predicted molar refractivity (Wildman–Crippen MR) is 98.7 cm³/mol. The zero-order valence-electron chi connectivity index (χ0n) is 14.1. The largest absolute Gasteiger partial charge is 0.396 e. The van der Waals surface area contributed by atoms with E-state index in [2.05, 4.69) is 41.0 Å². The van der Waals surface area contributed by atoms with Gasteiger partial charge in [-0.3, -0.25) is 0 Å². The van der Waals surface area contributed by atoms with Crippen molar-refractivity contribution in [1.29, 1.82) is 0 Å². The molecule has 0 aromatic heterocycles. The Kier molecular flexibility index (Phi) is 5.19. The highest BCUT2D eigenvalue weighted by molar-refractivity contribution is 5.51. The standard InChI is InChI=1S/C19H28N2O2.CH4/c1-2-20-13-18-17(7-10-22)19(18,14-20)15-3-5-16(6-4-15)21-8-11-23-12-9-21;/h3-6,17-18,22H,2,7-14H2,1H3;1H4. The Morgan fingerprint density at radius 3 is 2.54 bits per heavy atom. The number of ether oxygens (including phenoxy) is 1. The van der Waals surface area contributed by atoms with Gasteiger partial charge in [-0.15, -0.1) is 0 Å². The fourth-order valence-corrected chi connectivity index (χ4v) is 5.00. The first-order valence-electron chi connectivity index (χ1n) is 9.06. The molecule has 2 aliphatic heterocycles. The second kappa shape index (κ2) is 7.03. The average molecular weight is 332 g/mol. The van der Waals surface area contributed by atoms with E-state index in [9.17, 15) is 5.11 Å². The molecule has 2 saturated heterocycles. The third-order valence-electron chi connectivity index (χ3n) is 6.31. The van der Waals surface area contributed by atoms with Gasteiger partial charge < -0.3 is 19.6 Å². The monoisotopic (exact) mass is 332 g/mol. The van der Waals surface area contributed by atoms with E-state index in [-0.39, 0.29) is 7.43 Å². The Morgan fingerprint density at radius 2 is 1.92 bits per heavy atom. The first-order chi connectivity index (χ1) is 11.3. The SMILES string of the molecule is C.CCN1CC2C(CCO)C2(c2ccc(N3CCOCC3)cc2)C1. The molecule has 0 bridgehead atoms. The topological polar surface area (TPSA) is 35.9 Å². The van der Waals surface area contributed by atoms with E-state index in [0.717, 1.165) is 51.7 Å². The number of piperidine rings is 1. The van der Waals surface area contributed by atoms with Crippen LogP contribution in [0.15, 0.2) is 24.3 Å². The second-order valence-electron chi connectivity index (χ2n) is 7.24. The van der Waals surface area contributed by atoms with Crippen molar-refractivity contribution in [2.45, 2.75) is 26.2 Å².